The highest BCUT2D eigenvalue weighted by molar-refractivity contribution is 7.16. The van der Waals surface area contributed by atoms with Gasteiger partial charge in [-0.05, 0) is 31.9 Å². The van der Waals surface area contributed by atoms with Gasteiger partial charge in [-0.15, -0.1) is 11.3 Å². The van der Waals surface area contributed by atoms with Crippen molar-refractivity contribution < 1.29 is 0 Å². The minimum Gasteiger partial charge on any atom is -0.361 e. The molecular weight excluding hydrogens is 486 g/mol. The lowest BCUT2D eigenvalue weighted by molar-refractivity contribution is 0.0992. The molecule has 3 atom stereocenters. The number of fused-ring (bicyclic) bond motifs is 2. The molecule has 1 aliphatic rings. The van der Waals surface area contributed by atoms with Crippen LogP contribution in [0.4, 0.5) is 5.69 Å². The maximum Gasteiger partial charge on any atom is 0.285 e. The predicted molar refractivity (Wildman–Crippen MR) is 143 cm³/mol. The first-order chi connectivity index (χ1) is 17.9. The van der Waals surface area contributed by atoms with Crippen LogP contribution in [0.15, 0.2) is 28.6 Å². The largest absolute Gasteiger partial charge is 0.361 e. The number of hydrogen-bond donors (Lipinski definition) is 0. The molecule has 1 unspecified atom stereocenters. The third-order valence-electron chi connectivity index (χ3n) is 7.50. The van der Waals surface area contributed by atoms with Gasteiger partial charge < -0.3 is 4.90 Å². The van der Waals surface area contributed by atoms with Crippen molar-refractivity contribution in [3.05, 3.63) is 51.1 Å². The fraction of sp³-hybridized carbons (Fsp3) is 0.462. The van der Waals surface area contributed by atoms with Gasteiger partial charge in [-0.25, -0.2) is 24.1 Å². The van der Waals surface area contributed by atoms with Crippen LogP contribution in [0.3, 0.4) is 0 Å². The van der Waals surface area contributed by atoms with Crippen LogP contribution in [0.25, 0.3) is 16.0 Å². The van der Waals surface area contributed by atoms with Gasteiger partial charge in [-0.2, -0.15) is 10.5 Å². The number of hydrogen-bond acceptors (Lipinski definition) is 9. The number of pyridine rings is 1. The minimum absolute atomic E-state index is 0.0662. The van der Waals surface area contributed by atoms with E-state index in [1.165, 1.54) is 4.68 Å². The van der Waals surface area contributed by atoms with Crippen molar-refractivity contribution >= 4 is 33.0 Å². The monoisotopic (exact) mass is 515 g/mol. The van der Waals surface area contributed by atoms with E-state index >= 15 is 0 Å². The number of nitriles is 2. The molecule has 1 aliphatic heterocycles. The number of anilines is 1. The van der Waals surface area contributed by atoms with Gasteiger partial charge in [0.1, 0.15) is 22.2 Å². The molecule has 4 aromatic heterocycles. The molecule has 0 bridgehead atoms. The SMILES string of the molecule is CC[C@H]1CN(C(C)c2ccc3ncsc3n2)[C@H](CC)CN1c1c(C#N)c(=O)n(C)n2cc(CC#N)nc12. The summed E-state index contributed by atoms with van der Waals surface area (Å²) in [6.07, 6.45) is 3.58. The highest BCUT2D eigenvalue weighted by atomic mass is 32.1. The molecule has 0 aliphatic carbocycles. The van der Waals surface area contributed by atoms with Gasteiger partial charge in [0.05, 0.1) is 41.1 Å². The average Bonchev–Trinajstić information content (AvgIpc) is 3.56. The topological polar surface area (TPSA) is 119 Å². The zero-order valence-electron chi connectivity index (χ0n) is 21.4. The molecule has 37 heavy (non-hydrogen) atoms. The van der Waals surface area contributed by atoms with Gasteiger partial charge in [0.2, 0.25) is 0 Å². The number of aryl methyl sites for hydroxylation is 1. The molecule has 190 valence electrons. The molecule has 11 heteroatoms. The quantitative estimate of drug-likeness (QED) is 0.383. The highest BCUT2D eigenvalue weighted by Crippen LogP contribution is 2.35. The van der Waals surface area contributed by atoms with Gasteiger partial charge in [0.15, 0.2) is 5.65 Å². The summed E-state index contributed by atoms with van der Waals surface area (Å²) >= 11 is 1.55. The fourth-order valence-electron chi connectivity index (χ4n) is 5.42. The second kappa shape index (κ2) is 9.92. The molecule has 0 spiro atoms. The lowest BCUT2D eigenvalue weighted by Crippen LogP contribution is -2.59. The summed E-state index contributed by atoms with van der Waals surface area (Å²) in [7, 11) is 1.62. The van der Waals surface area contributed by atoms with E-state index in [1.807, 2.05) is 11.6 Å². The van der Waals surface area contributed by atoms with E-state index < -0.39 is 0 Å². The molecule has 0 saturated carbocycles. The second-order valence-electron chi connectivity index (χ2n) is 9.46. The van der Waals surface area contributed by atoms with Gasteiger partial charge >= 0.3 is 0 Å². The van der Waals surface area contributed by atoms with E-state index in [2.05, 4.69) is 53.8 Å². The first kappa shape index (κ1) is 24.9. The van der Waals surface area contributed by atoms with E-state index in [9.17, 15) is 15.3 Å². The molecular formula is C26H29N9OS. The highest BCUT2D eigenvalue weighted by Gasteiger charge is 2.38. The summed E-state index contributed by atoms with van der Waals surface area (Å²) in [5.74, 6) is 0. The molecule has 0 aromatic carbocycles. The van der Waals surface area contributed by atoms with Crippen molar-refractivity contribution in [1.82, 2.24) is 29.0 Å². The number of aromatic nitrogens is 5. The smallest absolute Gasteiger partial charge is 0.285 e. The molecule has 0 radical (unpaired) electrons. The Morgan fingerprint density at radius 3 is 2.65 bits per heavy atom. The molecule has 1 saturated heterocycles. The molecule has 0 N–H and O–H groups in total. The van der Waals surface area contributed by atoms with E-state index in [0.717, 1.165) is 35.4 Å². The number of rotatable bonds is 6. The van der Waals surface area contributed by atoms with E-state index in [0.29, 0.717) is 23.6 Å². The Bertz CT molecular complexity index is 1600. The fourth-order valence-corrected chi connectivity index (χ4v) is 6.09. The summed E-state index contributed by atoms with van der Waals surface area (Å²) in [5, 5.41) is 19.3. The third-order valence-corrected chi connectivity index (χ3v) is 8.24. The number of imidazole rings is 1. The Labute approximate surface area is 219 Å². The molecule has 0 amide bonds. The Kier molecular flexibility index (Phi) is 6.67. The van der Waals surface area contributed by atoms with Crippen molar-refractivity contribution in [3.63, 3.8) is 0 Å². The Morgan fingerprint density at radius 1 is 1.16 bits per heavy atom. The summed E-state index contributed by atoms with van der Waals surface area (Å²) < 4.78 is 3.06. The zero-order chi connectivity index (χ0) is 26.3. The molecule has 5 heterocycles. The molecule has 10 nitrogen and oxygen atoms in total. The van der Waals surface area contributed by atoms with Crippen LogP contribution in [0.1, 0.15) is 56.6 Å². The van der Waals surface area contributed by atoms with Crippen molar-refractivity contribution in [2.24, 2.45) is 7.05 Å². The third kappa shape index (κ3) is 4.14. The first-order valence-electron chi connectivity index (χ1n) is 12.5. The van der Waals surface area contributed by atoms with Crippen molar-refractivity contribution in [2.45, 2.75) is 58.2 Å². The Morgan fingerprint density at radius 2 is 1.95 bits per heavy atom. The van der Waals surface area contributed by atoms with E-state index in [1.54, 1.807) is 29.1 Å². The number of piperazine rings is 1. The zero-order valence-corrected chi connectivity index (χ0v) is 22.2. The Balaban J connectivity index is 1.57. The maximum absolute atomic E-state index is 13.2. The first-order valence-corrected chi connectivity index (χ1v) is 13.4. The van der Waals surface area contributed by atoms with Crippen LogP contribution in [0.2, 0.25) is 0 Å². The van der Waals surface area contributed by atoms with Gasteiger partial charge in [0.25, 0.3) is 5.56 Å². The lowest BCUT2D eigenvalue weighted by atomic mass is 9.97. The van der Waals surface area contributed by atoms with Crippen LogP contribution in [-0.2, 0) is 13.5 Å². The van der Waals surface area contributed by atoms with Crippen molar-refractivity contribution in [1.29, 1.82) is 10.5 Å². The van der Waals surface area contributed by atoms with E-state index in [4.69, 9.17) is 9.97 Å². The van der Waals surface area contributed by atoms with Crippen LogP contribution < -0.4 is 10.5 Å². The summed E-state index contributed by atoms with van der Waals surface area (Å²) in [4.78, 5) is 32.8. The lowest BCUT2D eigenvalue weighted by Gasteiger charge is -2.49. The van der Waals surface area contributed by atoms with Crippen LogP contribution in [0, 0.1) is 22.7 Å². The van der Waals surface area contributed by atoms with Crippen LogP contribution in [-0.4, -0.2) is 54.2 Å². The molecule has 4 aromatic rings. The number of thiazole rings is 1. The van der Waals surface area contributed by atoms with Gasteiger partial charge in [-0.3, -0.25) is 9.69 Å². The minimum atomic E-state index is -0.369. The second-order valence-corrected chi connectivity index (χ2v) is 10.3. The van der Waals surface area contributed by atoms with Crippen LogP contribution >= 0.6 is 11.3 Å². The van der Waals surface area contributed by atoms with Gasteiger partial charge in [-0.1, -0.05) is 13.8 Å². The normalized spacial score (nSPS) is 19.2. The predicted octanol–water partition coefficient (Wildman–Crippen LogP) is 3.42. The standard InChI is InChI=1S/C26H29N9OS/c1-5-18-14-34(23-20(11-28)26(36)32(4)35-12-17(9-10-27)30-24(23)35)19(6-2)13-33(18)16(3)21-7-8-22-25(31-21)37-15-29-22/h7-8,12,15-16,18-19H,5-6,9,13-14H2,1-4H3/t16?,18-,19+/m1/s1. The molecule has 5 rings (SSSR count). The van der Waals surface area contributed by atoms with Crippen LogP contribution in [0.5, 0.6) is 0 Å². The van der Waals surface area contributed by atoms with Crippen molar-refractivity contribution in [2.75, 3.05) is 18.0 Å². The maximum atomic E-state index is 13.2. The number of nitrogens with zero attached hydrogens (tertiary/aromatic N) is 9. The summed E-state index contributed by atoms with van der Waals surface area (Å²) in [5.41, 5.74) is 5.16. The average molecular weight is 516 g/mol. The van der Waals surface area contributed by atoms with Crippen molar-refractivity contribution in [3.8, 4) is 12.1 Å². The summed E-state index contributed by atoms with van der Waals surface area (Å²) in [6, 6.07) is 8.73. The van der Waals surface area contributed by atoms with Gasteiger partial charge in [0, 0.05) is 38.3 Å². The van der Waals surface area contributed by atoms with E-state index in [-0.39, 0.29) is 35.7 Å². The molecule has 1 fully saturated rings. The summed E-state index contributed by atoms with van der Waals surface area (Å²) in [6.45, 7) is 7.91. The Hall–Kier alpha value is -3.80.